The van der Waals surface area contributed by atoms with Gasteiger partial charge in [0.25, 0.3) is 0 Å². The van der Waals surface area contributed by atoms with Gasteiger partial charge in [0.15, 0.2) is 0 Å². The van der Waals surface area contributed by atoms with E-state index in [2.05, 4.69) is 9.47 Å². The second kappa shape index (κ2) is 10.7. The molecule has 204 valence electrons. The first-order valence-corrected chi connectivity index (χ1v) is 11.7. The van der Waals surface area contributed by atoms with Crippen molar-refractivity contribution < 1.29 is 45.3 Å². The molecule has 38 heavy (non-hydrogen) atoms. The van der Waals surface area contributed by atoms with Crippen LogP contribution < -0.4 is 14.4 Å². The van der Waals surface area contributed by atoms with E-state index >= 15 is 0 Å². The van der Waals surface area contributed by atoms with Gasteiger partial charge in [0.2, 0.25) is 0 Å². The van der Waals surface area contributed by atoms with Crippen LogP contribution in [0.2, 0.25) is 0 Å². The third kappa shape index (κ3) is 6.32. The van der Waals surface area contributed by atoms with Crippen molar-refractivity contribution in [2.24, 2.45) is 0 Å². The number of ether oxygens (including phenoxy) is 2. The van der Waals surface area contributed by atoms with Gasteiger partial charge in [0.1, 0.15) is 11.5 Å². The Kier molecular flexibility index (Phi) is 7.78. The van der Waals surface area contributed by atoms with Crippen molar-refractivity contribution in [1.82, 2.24) is 0 Å². The molecular weight excluding hydrogens is 519 g/mol. The van der Waals surface area contributed by atoms with Crippen molar-refractivity contribution in [1.29, 1.82) is 0 Å². The number of anilines is 1. The summed E-state index contributed by atoms with van der Waals surface area (Å²) >= 11 is 0. The normalized spacial score (nSPS) is 16.8. The fourth-order valence-corrected chi connectivity index (χ4v) is 4.69. The second-order valence-electron chi connectivity index (χ2n) is 8.97. The molecule has 1 heterocycles. The quantitative estimate of drug-likeness (QED) is 0.302. The lowest BCUT2D eigenvalue weighted by atomic mass is 9.86. The monoisotopic (exact) mass is 543 g/mol. The highest BCUT2D eigenvalue weighted by atomic mass is 19.4. The average Bonchev–Trinajstić information content (AvgIpc) is 2.82. The molecule has 0 saturated heterocycles. The molecule has 0 aliphatic carbocycles. The van der Waals surface area contributed by atoms with Crippen LogP contribution in [-0.4, -0.2) is 36.7 Å². The van der Waals surface area contributed by atoms with Crippen LogP contribution in [0.25, 0.3) is 11.1 Å². The summed E-state index contributed by atoms with van der Waals surface area (Å²) in [5.41, 5.74) is 3.22. The number of alkyl halides is 7. The van der Waals surface area contributed by atoms with Crippen LogP contribution in [-0.2, 0) is 6.42 Å². The summed E-state index contributed by atoms with van der Waals surface area (Å²) in [4.78, 5) is 1.87. The number of nitrogens with zero attached hydrogens (tertiary/aromatic N) is 1. The molecule has 0 bridgehead atoms. The number of fused-ring (bicyclic) bond motifs is 1. The Morgan fingerprint density at radius 2 is 1.58 bits per heavy atom. The Balaban J connectivity index is 1.71. The molecule has 0 spiro atoms. The maximum absolute atomic E-state index is 13.5. The molecule has 0 unspecified atom stereocenters. The van der Waals surface area contributed by atoms with E-state index in [1.165, 1.54) is 30.3 Å². The SMILES string of the molecule is C[C@@H](O)CN1c2cccc(-c3cccc(OC(F)(F)F)c3)c2CC[C@@H]1c1cccc(OC(F)(F)C(F)F)c1. The molecule has 2 atom stereocenters. The number of benzene rings is 3. The molecule has 0 amide bonds. The van der Waals surface area contributed by atoms with Crippen LogP contribution in [0, 0.1) is 0 Å². The summed E-state index contributed by atoms with van der Waals surface area (Å²) in [5, 5.41) is 10.2. The summed E-state index contributed by atoms with van der Waals surface area (Å²) in [6.07, 6.45) is -13.4. The summed E-state index contributed by atoms with van der Waals surface area (Å²) in [6, 6.07) is 16.0. The molecule has 4 rings (SSSR count). The average molecular weight is 543 g/mol. The summed E-state index contributed by atoms with van der Waals surface area (Å²) in [5.74, 6) is -0.787. The molecule has 1 N–H and O–H groups in total. The van der Waals surface area contributed by atoms with Gasteiger partial charge in [-0.15, -0.1) is 13.2 Å². The molecule has 1 aliphatic rings. The van der Waals surface area contributed by atoms with E-state index in [1.807, 2.05) is 4.90 Å². The predicted octanol–water partition coefficient (Wildman–Crippen LogP) is 7.36. The number of halogens is 7. The molecule has 0 saturated carbocycles. The molecule has 0 aromatic heterocycles. The molecule has 4 nitrogen and oxygen atoms in total. The zero-order valence-corrected chi connectivity index (χ0v) is 20.1. The minimum atomic E-state index is -4.84. The third-order valence-electron chi connectivity index (χ3n) is 6.10. The number of hydrogen-bond donors (Lipinski definition) is 1. The molecule has 0 radical (unpaired) electrons. The van der Waals surface area contributed by atoms with Crippen molar-refractivity contribution in [2.45, 2.75) is 50.8 Å². The highest BCUT2D eigenvalue weighted by Crippen LogP contribution is 2.44. The number of hydrogen-bond acceptors (Lipinski definition) is 4. The van der Waals surface area contributed by atoms with Gasteiger partial charge in [-0.25, -0.2) is 0 Å². The van der Waals surface area contributed by atoms with Crippen molar-refractivity contribution in [3.63, 3.8) is 0 Å². The Bertz CT molecular complexity index is 1260. The number of β-amino-alcohol motifs (C(OH)–C–C–N with tert-alkyl or cyclic N) is 1. The first-order chi connectivity index (χ1) is 17.8. The van der Waals surface area contributed by atoms with Crippen LogP contribution in [0.3, 0.4) is 0 Å². The Morgan fingerprint density at radius 3 is 2.24 bits per heavy atom. The Hall–Kier alpha value is -3.47. The van der Waals surface area contributed by atoms with Crippen molar-refractivity contribution in [2.75, 3.05) is 11.4 Å². The van der Waals surface area contributed by atoms with Crippen LogP contribution in [0.4, 0.5) is 36.4 Å². The van der Waals surface area contributed by atoms with Crippen molar-refractivity contribution in [3.8, 4) is 22.6 Å². The summed E-state index contributed by atoms with van der Waals surface area (Å²) in [6.45, 7) is 1.73. The predicted molar refractivity (Wildman–Crippen MR) is 127 cm³/mol. The summed E-state index contributed by atoms with van der Waals surface area (Å²) in [7, 11) is 0. The molecular formula is C27H24F7NO3. The first-order valence-electron chi connectivity index (χ1n) is 11.7. The van der Waals surface area contributed by atoms with E-state index in [0.29, 0.717) is 35.2 Å². The van der Waals surface area contributed by atoms with Crippen molar-refractivity contribution in [3.05, 3.63) is 77.9 Å². The molecule has 1 aliphatic heterocycles. The molecule has 0 fully saturated rings. The van der Waals surface area contributed by atoms with Crippen molar-refractivity contribution >= 4 is 5.69 Å². The maximum Gasteiger partial charge on any atom is 0.573 e. The van der Waals surface area contributed by atoms with Gasteiger partial charge in [-0.3, -0.25) is 0 Å². The molecule has 3 aromatic rings. The Labute approximate surface area is 214 Å². The van der Waals surface area contributed by atoms with E-state index in [9.17, 15) is 35.8 Å². The number of rotatable bonds is 8. The van der Waals surface area contributed by atoms with Gasteiger partial charge in [0.05, 0.1) is 12.1 Å². The number of aliphatic hydroxyl groups is 1. The smallest absolute Gasteiger partial charge is 0.428 e. The highest BCUT2D eigenvalue weighted by molar-refractivity contribution is 5.76. The summed E-state index contributed by atoms with van der Waals surface area (Å²) < 4.78 is 98.8. The highest BCUT2D eigenvalue weighted by Gasteiger charge is 2.44. The first kappa shape index (κ1) is 27.6. The van der Waals surface area contributed by atoms with Gasteiger partial charge in [-0.1, -0.05) is 36.4 Å². The largest absolute Gasteiger partial charge is 0.573 e. The van der Waals surface area contributed by atoms with E-state index in [0.717, 1.165) is 11.6 Å². The van der Waals surface area contributed by atoms with Gasteiger partial charge in [-0.05, 0) is 72.4 Å². The van der Waals surface area contributed by atoms with Crippen LogP contribution in [0.15, 0.2) is 66.7 Å². The molecule has 11 heteroatoms. The van der Waals surface area contributed by atoms with Crippen LogP contribution in [0.1, 0.15) is 30.5 Å². The minimum Gasteiger partial charge on any atom is -0.428 e. The van der Waals surface area contributed by atoms with E-state index in [1.54, 1.807) is 37.3 Å². The lowest BCUT2D eigenvalue weighted by Gasteiger charge is -2.41. The third-order valence-corrected chi connectivity index (χ3v) is 6.10. The van der Waals surface area contributed by atoms with E-state index < -0.39 is 36.8 Å². The fraction of sp³-hybridized carbons (Fsp3) is 0.333. The van der Waals surface area contributed by atoms with Crippen LogP contribution >= 0.6 is 0 Å². The van der Waals surface area contributed by atoms with E-state index in [-0.39, 0.29) is 12.3 Å². The number of aliphatic hydroxyl groups excluding tert-OH is 1. The second-order valence-corrected chi connectivity index (χ2v) is 8.97. The van der Waals surface area contributed by atoms with Gasteiger partial charge < -0.3 is 19.5 Å². The zero-order valence-electron chi connectivity index (χ0n) is 20.1. The fourth-order valence-electron chi connectivity index (χ4n) is 4.69. The lowest BCUT2D eigenvalue weighted by Crippen LogP contribution is -2.38. The Morgan fingerprint density at radius 1 is 0.921 bits per heavy atom. The standard InChI is InChI=1S/C27H24F7NO3/c1-16(36)15-35-23(18-6-3-7-19(14-18)37-26(30,31)25(28)29)12-11-22-21(9-4-10-24(22)35)17-5-2-8-20(13-17)38-27(32,33)34/h2-10,13-14,16,23,25,36H,11-12,15H2,1H3/t16-,23-/m1/s1. The van der Waals surface area contributed by atoms with Gasteiger partial charge in [0, 0.05) is 12.2 Å². The maximum atomic E-state index is 13.5. The van der Waals surface area contributed by atoms with Crippen LogP contribution in [0.5, 0.6) is 11.5 Å². The van der Waals surface area contributed by atoms with Gasteiger partial charge in [-0.2, -0.15) is 17.6 Å². The topological polar surface area (TPSA) is 41.9 Å². The van der Waals surface area contributed by atoms with E-state index in [4.69, 9.17) is 0 Å². The molecule has 3 aromatic carbocycles. The minimum absolute atomic E-state index is 0.149. The van der Waals surface area contributed by atoms with Gasteiger partial charge >= 0.3 is 18.9 Å². The lowest BCUT2D eigenvalue weighted by molar-refractivity contribution is -0.274. The zero-order chi connectivity index (χ0) is 27.7.